The lowest BCUT2D eigenvalue weighted by Gasteiger charge is -2.33. The number of aliphatic carboxylic acids is 1. The number of hydrogen-bond donors (Lipinski definition) is 5. The quantitative estimate of drug-likeness (QED) is 0.0733. The number of carboxylic acids is 1. The number of rotatable bonds is 14. The van der Waals surface area contributed by atoms with Crippen molar-refractivity contribution in [2.45, 2.75) is 44.1 Å². The van der Waals surface area contributed by atoms with Crippen LogP contribution in [0.15, 0.2) is 120 Å². The van der Waals surface area contributed by atoms with Gasteiger partial charge in [-0.25, -0.2) is 4.79 Å². The third-order valence-electron chi connectivity index (χ3n) is 7.54. The summed E-state index contributed by atoms with van der Waals surface area (Å²) in [4.78, 5) is 54.3. The maximum Gasteiger partial charge on any atom is 0.490 e. The Hall–Kier alpha value is -6.18. The van der Waals surface area contributed by atoms with Crippen molar-refractivity contribution in [3.8, 4) is 0 Å². The van der Waals surface area contributed by atoms with Gasteiger partial charge in [0.2, 0.25) is 11.8 Å². The number of nitrogens with zero attached hydrogens (tertiary/aromatic N) is 2. The van der Waals surface area contributed by atoms with Gasteiger partial charge in [0.1, 0.15) is 6.04 Å². The molecular formula is C37H39F3N6O5. The minimum atomic E-state index is -5.08. The molecule has 1 atom stereocenters. The van der Waals surface area contributed by atoms with E-state index in [0.29, 0.717) is 25.1 Å². The minimum Gasteiger partial charge on any atom is -0.475 e. The van der Waals surface area contributed by atoms with E-state index in [0.717, 1.165) is 22.3 Å². The number of benzene rings is 4. The molecule has 0 unspecified atom stereocenters. The van der Waals surface area contributed by atoms with E-state index < -0.39 is 30.0 Å². The van der Waals surface area contributed by atoms with Crippen LogP contribution in [0.5, 0.6) is 0 Å². The highest BCUT2D eigenvalue weighted by atomic mass is 19.4. The van der Waals surface area contributed by atoms with E-state index >= 15 is 0 Å². The molecule has 0 aliphatic heterocycles. The summed E-state index contributed by atoms with van der Waals surface area (Å²) in [6.45, 7) is 0.801. The van der Waals surface area contributed by atoms with E-state index in [2.05, 4.69) is 10.3 Å². The molecule has 0 aromatic heterocycles. The van der Waals surface area contributed by atoms with E-state index in [4.69, 9.17) is 27.1 Å². The Morgan fingerprint density at radius 1 is 0.745 bits per heavy atom. The van der Waals surface area contributed by atoms with Gasteiger partial charge < -0.3 is 32.5 Å². The van der Waals surface area contributed by atoms with Crippen LogP contribution in [0.2, 0.25) is 0 Å². The molecule has 268 valence electrons. The molecule has 0 fully saturated rings. The van der Waals surface area contributed by atoms with Gasteiger partial charge in [0.15, 0.2) is 5.96 Å². The number of aliphatic imine (C=N–C) groups is 1. The first-order chi connectivity index (χ1) is 24.3. The summed E-state index contributed by atoms with van der Waals surface area (Å²) >= 11 is 0. The third-order valence-corrected chi connectivity index (χ3v) is 7.54. The van der Waals surface area contributed by atoms with Gasteiger partial charge in [-0.1, -0.05) is 103 Å². The van der Waals surface area contributed by atoms with E-state index in [-0.39, 0.29) is 30.7 Å². The van der Waals surface area contributed by atoms with E-state index in [9.17, 15) is 27.6 Å². The molecule has 0 aliphatic rings. The van der Waals surface area contributed by atoms with Crippen molar-refractivity contribution in [2.75, 3.05) is 6.54 Å². The first-order valence-electron chi connectivity index (χ1n) is 15.7. The zero-order chi connectivity index (χ0) is 37.4. The van der Waals surface area contributed by atoms with Crippen molar-refractivity contribution in [3.63, 3.8) is 0 Å². The smallest absolute Gasteiger partial charge is 0.475 e. The van der Waals surface area contributed by atoms with Crippen LogP contribution in [-0.2, 0) is 27.5 Å². The number of carbonyl (C=O) groups excluding carboxylic acids is 3. The molecule has 4 rings (SSSR count). The Morgan fingerprint density at radius 2 is 1.22 bits per heavy atom. The Balaban J connectivity index is 0.000000908. The Morgan fingerprint density at radius 3 is 1.67 bits per heavy atom. The first kappa shape index (κ1) is 39.3. The summed E-state index contributed by atoms with van der Waals surface area (Å²) in [5.41, 5.74) is 20.8. The number of hydrogen-bond acceptors (Lipinski definition) is 5. The van der Waals surface area contributed by atoms with Gasteiger partial charge in [0.25, 0.3) is 5.91 Å². The van der Waals surface area contributed by atoms with Crippen molar-refractivity contribution in [1.29, 1.82) is 0 Å². The van der Waals surface area contributed by atoms with E-state index in [1.54, 1.807) is 17.0 Å². The van der Waals surface area contributed by atoms with Crippen LogP contribution in [0.1, 0.15) is 51.4 Å². The molecule has 4 aromatic rings. The molecule has 8 N–H and O–H groups in total. The molecule has 0 radical (unpaired) electrons. The van der Waals surface area contributed by atoms with Crippen LogP contribution in [-0.4, -0.2) is 58.4 Å². The van der Waals surface area contributed by atoms with Crippen molar-refractivity contribution in [3.05, 3.63) is 143 Å². The van der Waals surface area contributed by atoms with Crippen molar-refractivity contribution in [1.82, 2.24) is 10.2 Å². The van der Waals surface area contributed by atoms with E-state index in [1.165, 1.54) is 0 Å². The van der Waals surface area contributed by atoms with Crippen molar-refractivity contribution >= 4 is 29.7 Å². The van der Waals surface area contributed by atoms with Gasteiger partial charge in [0, 0.05) is 25.2 Å². The summed E-state index contributed by atoms with van der Waals surface area (Å²) in [6, 6.07) is 34.7. The van der Waals surface area contributed by atoms with Crippen LogP contribution >= 0.6 is 0 Å². The Kier molecular flexibility index (Phi) is 14.7. The maximum atomic E-state index is 14.5. The Labute approximate surface area is 293 Å². The number of carbonyl (C=O) groups is 4. The fourth-order valence-electron chi connectivity index (χ4n) is 5.05. The SMILES string of the molecule is NC(=O)[C@@H](CCCN=C(N)N)N(Cc1ccc(CNC(=O)c2ccccc2)cc1)C(=O)C(c1ccccc1)c1ccccc1.O=C(O)C(F)(F)F. The molecule has 0 heterocycles. The summed E-state index contributed by atoms with van der Waals surface area (Å²) in [7, 11) is 0. The summed E-state index contributed by atoms with van der Waals surface area (Å²) in [6.07, 6.45) is -4.34. The summed E-state index contributed by atoms with van der Waals surface area (Å²) < 4.78 is 31.7. The standard InChI is InChI=1S/C35H38N6O3.C2HF3O2/c36-32(42)30(17-10-22-39-35(37)38)41(34(44)31(27-11-4-1-5-12-27)28-13-6-2-7-14-28)24-26-20-18-25(19-21-26)23-40-33(43)29-15-8-3-9-16-29;3-2(4,5)1(6)7/h1-9,11-16,18-21,30-31H,10,17,22-24H2,(H2,36,42)(H,40,43)(H4,37,38,39);(H,6,7)/t30-;/m1./s1. The molecule has 0 saturated heterocycles. The van der Waals surface area contributed by atoms with Crippen LogP contribution < -0.4 is 22.5 Å². The number of guanidine groups is 1. The maximum absolute atomic E-state index is 14.5. The second-order valence-corrected chi connectivity index (χ2v) is 11.3. The summed E-state index contributed by atoms with van der Waals surface area (Å²) in [5.74, 6) is -4.46. The van der Waals surface area contributed by atoms with Crippen LogP contribution in [0.25, 0.3) is 0 Å². The van der Waals surface area contributed by atoms with Crippen LogP contribution in [0.4, 0.5) is 13.2 Å². The van der Waals surface area contributed by atoms with E-state index in [1.807, 2.05) is 103 Å². The number of primary amides is 1. The predicted octanol–water partition coefficient (Wildman–Crippen LogP) is 4.32. The third kappa shape index (κ3) is 12.7. The topological polar surface area (TPSA) is 194 Å². The molecule has 0 aliphatic carbocycles. The molecule has 0 bridgehead atoms. The lowest BCUT2D eigenvalue weighted by molar-refractivity contribution is -0.192. The second-order valence-electron chi connectivity index (χ2n) is 11.3. The normalized spacial score (nSPS) is 11.4. The van der Waals surface area contributed by atoms with Gasteiger partial charge in [-0.05, 0) is 47.2 Å². The number of alkyl halides is 3. The fourth-order valence-corrected chi connectivity index (χ4v) is 5.05. The molecule has 4 aromatic carbocycles. The summed E-state index contributed by atoms with van der Waals surface area (Å²) in [5, 5.41) is 10.0. The second kappa shape index (κ2) is 19.1. The number of nitrogens with one attached hydrogen (secondary N) is 1. The Bertz CT molecular complexity index is 1710. The van der Waals surface area contributed by atoms with Gasteiger partial charge in [-0.2, -0.15) is 13.2 Å². The highest BCUT2D eigenvalue weighted by molar-refractivity contribution is 5.94. The fraction of sp³-hybridized carbons (Fsp3) is 0.216. The largest absolute Gasteiger partial charge is 0.490 e. The highest BCUT2D eigenvalue weighted by Crippen LogP contribution is 2.29. The van der Waals surface area contributed by atoms with Crippen LogP contribution in [0.3, 0.4) is 0 Å². The van der Waals surface area contributed by atoms with Crippen molar-refractivity contribution in [2.24, 2.45) is 22.2 Å². The molecule has 51 heavy (non-hydrogen) atoms. The average molecular weight is 705 g/mol. The molecule has 0 spiro atoms. The average Bonchev–Trinajstić information content (AvgIpc) is 3.11. The molecule has 3 amide bonds. The molecule has 0 saturated carbocycles. The van der Waals surface area contributed by atoms with Gasteiger partial charge in [-0.3, -0.25) is 19.4 Å². The van der Waals surface area contributed by atoms with Gasteiger partial charge >= 0.3 is 12.1 Å². The molecular weight excluding hydrogens is 665 g/mol. The monoisotopic (exact) mass is 704 g/mol. The molecule has 14 heteroatoms. The van der Waals surface area contributed by atoms with Crippen molar-refractivity contribution < 1.29 is 37.5 Å². The van der Waals surface area contributed by atoms with Crippen LogP contribution in [0, 0.1) is 0 Å². The number of halogens is 3. The predicted molar refractivity (Wildman–Crippen MR) is 186 cm³/mol. The lowest BCUT2D eigenvalue weighted by atomic mass is 9.89. The minimum absolute atomic E-state index is 0.0400. The zero-order valence-corrected chi connectivity index (χ0v) is 27.5. The highest BCUT2D eigenvalue weighted by Gasteiger charge is 2.38. The molecule has 11 nitrogen and oxygen atoms in total. The number of carboxylic acid groups (broad SMARTS) is 1. The number of nitrogens with two attached hydrogens (primary N) is 3. The number of amides is 3. The first-order valence-corrected chi connectivity index (χ1v) is 15.7. The van der Waals surface area contributed by atoms with Gasteiger partial charge in [-0.15, -0.1) is 0 Å². The lowest BCUT2D eigenvalue weighted by Crippen LogP contribution is -2.49. The van der Waals surface area contributed by atoms with Gasteiger partial charge in [0.05, 0.1) is 5.92 Å². The zero-order valence-electron chi connectivity index (χ0n) is 27.5.